The summed E-state index contributed by atoms with van der Waals surface area (Å²) in [5.74, 6) is 0.841. The minimum atomic E-state index is -0.337. The molecule has 37 heavy (non-hydrogen) atoms. The Hall–Kier alpha value is -4.18. The van der Waals surface area contributed by atoms with Gasteiger partial charge in [0.05, 0.1) is 23.4 Å². The lowest BCUT2D eigenvalue weighted by Crippen LogP contribution is -2.59. The number of anilines is 3. The van der Waals surface area contributed by atoms with E-state index in [0.29, 0.717) is 29.1 Å². The lowest BCUT2D eigenvalue weighted by atomic mass is 10.0. The summed E-state index contributed by atoms with van der Waals surface area (Å²) in [7, 11) is 3.57. The molecule has 4 aromatic rings. The molecule has 0 saturated carbocycles. The summed E-state index contributed by atoms with van der Waals surface area (Å²) in [5.41, 5.74) is 3.91. The molecule has 0 bridgehead atoms. The number of aromatic nitrogens is 3. The maximum Gasteiger partial charge on any atom is 0.294 e. The smallest absolute Gasteiger partial charge is 0.294 e. The first-order valence-corrected chi connectivity index (χ1v) is 12.5. The van der Waals surface area contributed by atoms with E-state index in [-0.39, 0.29) is 10.6 Å². The molecule has 0 radical (unpaired) electrons. The summed E-state index contributed by atoms with van der Waals surface area (Å²) in [5, 5.41) is 16.3. The van der Waals surface area contributed by atoms with E-state index in [1.807, 2.05) is 31.4 Å². The highest BCUT2D eigenvalue weighted by Crippen LogP contribution is 2.41. The zero-order valence-corrected chi connectivity index (χ0v) is 20.9. The molecule has 2 saturated heterocycles. The number of rotatable bonds is 7. The highest BCUT2D eigenvalue weighted by atomic mass is 16.6. The average Bonchev–Trinajstić information content (AvgIpc) is 3.52. The fourth-order valence-corrected chi connectivity index (χ4v) is 5.45. The molecule has 6 rings (SSSR count). The quantitative estimate of drug-likeness (QED) is 0.291. The highest BCUT2D eigenvalue weighted by molar-refractivity contribution is 5.95. The Kier molecular flexibility index (Phi) is 5.88. The minimum absolute atomic E-state index is 0.0355. The van der Waals surface area contributed by atoms with Crippen LogP contribution in [0.5, 0.6) is 5.75 Å². The van der Waals surface area contributed by atoms with Gasteiger partial charge in [-0.1, -0.05) is 18.2 Å². The SMILES string of the molecule is COc1cc(N2CC(N3CCCC3)C2)c([N+](=O)[O-])cc1Nc1nccc(-c2cn(C)c3ccccc23)n1. The van der Waals surface area contributed by atoms with E-state index in [4.69, 9.17) is 9.72 Å². The molecule has 2 aromatic carbocycles. The van der Waals surface area contributed by atoms with Gasteiger partial charge in [-0.3, -0.25) is 15.0 Å². The van der Waals surface area contributed by atoms with Gasteiger partial charge in [-0.25, -0.2) is 9.97 Å². The number of para-hydroxylation sites is 1. The van der Waals surface area contributed by atoms with Crippen LogP contribution < -0.4 is 15.0 Å². The van der Waals surface area contributed by atoms with Crippen LogP contribution in [0.4, 0.5) is 23.0 Å². The zero-order valence-electron chi connectivity index (χ0n) is 20.9. The van der Waals surface area contributed by atoms with E-state index in [9.17, 15) is 10.1 Å². The fourth-order valence-electron chi connectivity index (χ4n) is 5.45. The van der Waals surface area contributed by atoms with Gasteiger partial charge in [-0.2, -0.15) is 0 Å². The normalized spacial score (nSPS) is 16.2. The Labute approximate surface area is 214 Å². The number of fused-ring (bicyclic) bond motifs is 1. The first-order valence-electron chi connectivity index (χ1n) is 12.5. The van der Waals surface area contributed by atoms with Crippen molar-refractivity contribution in [3.05, 3.63) is 65.0 Å². The summed E-state index contributed by atoms with van der Waals surface area (Å²) in [6, 6.07) is 13.7. The van der Waals surface area contributed by atoms with E-state index in [1.54, 1.807) is 19.4 Å². The number of aryl methyl sites for hydroxylation is 1. The van der Waals surface area contributed by atoms with Crippen molar-refractivity contribution in [1.29, 1.82) is 0 Å². The number of hydrogen-bond acceptors (Lipinski definition) is 8. The summed E-state index contributed by atoms with van der Waals surface area (Å²) in [6.45, 7) is 3.80. The van der Waals surface area contributed by atoms with Gasteiger partial charge in [0.2, 0.25) is 5.95 Å². The monoisotopic (exact) mass is 499 g/mol. The van der Waals surface area contributed by atoms with E-state index in [1.165, 1.54) is 18.9 Å². The van der Waals surface area contributed by atoms with Crippen LogP contribution in [0.15, 0.2) is 54.9 Å². The van der Waals surface area contributed by atoms with Gasteiger partial charge in [0.15, 0.2) is 0 Å². The number of benzene rings is 2. The van der Waals surface area contributed by atoms with Crippen molar-refractivity contribution in [3.63, 3.8) is 0 Å². The third-order valence-corrected chi connectivity index (χ3v) is 7.43. The molecule has 1 N–H and O–H groups in total. The van der Waals surface area contributed by atoms with Crippen molar-refractivity contribution in [1.82, 2.24) is 19.4 Å². The third-order valence-electron chi connectivity index (χ3n) is 7.43. The van der Waals surface area contributed by atoms with Crippen molar-refractivity contribution in [2.45, 2.75) is 18.9 Å². The summed E-state index contributed by atoms with van der Waals surface area (Å²) in [6.07, 6.45) is 6.18. The van der Waals surface area contributed by atoms with E-state index >= 15 is 0 Å². The molecule has 4 heterocycles. The highest BCUT2D eigenvalue weighted by Gasteiger charge is 2.36. The lowest BCUT2D eigenvalue weighted by molar-refractivity contribution is -0.384. The molecule has 2 aromatic heterocycles. The Morgan fingerprint density at radius 2 is 1.92 bits per heavy atom. The number of nitrogens with zero attached hydrogens (tertiary/aromatic N) is 6. The third kappa shape index (κ3) is 4.23. The largest absolute Gasteiger partial charge is 0.494 e. The van der Waals surface area contributed by atoms with Crippen LogP contribution in [0.1, 0.15) is 12.8 Å². The molecule has 0 atom stereocenters. The maximum atomic E-state index is 12.0. The Morgan fingerprint density at radius 1 is 1.14 bits per heavy atom. The molecule has 190 valence electrons. The number of ether oxygens (including phenoxy) is 1. The summed E-state index contributed by atoms with van der Waals surface area (Å²) < 4.78 is 7.70. The molecular weight excluding hydrogens is 470 g/mol. The number of hydrogen-bond donors (Lipinski definition) is 1. The predicted molar refractivity (Wildman–Crippen MR) is 144 cm³/mol. The second kappa shape index (κ2) is 9.36. The van der Waals surface area contributed by atoms with Gasteiger partial charge in [0.1, 0.15) is 11.4 Å². The van der Waals surface area contributed by atoms with Gasteiger partial charge in [-0.15, -0.1) is 0 Å². The van der Waals surface area contributed by atoms with Crippen LogP contribution in [0.3, 0.4) is 0 Å². The predicted octanol–water partition coefficient (Wildman–Crippen LogP) is 4.58. The molecule has 2 fully saturated rings. The van der Waals surface area contributed by atoms with Crippen LogP contribution in [-0.2, 0) is 7.05 Å². The topological polar surface area (TPSA) is 102 Å². The van der Waals surface area contributed by atoms with Gasteiger partial charge in [0, 0.05) is 67.2 Å². The second-order valence-electron chi connectivity index (χ2n) is 9.66. The van der Waals surface area contributed by atoms with Gasteiger partial charge < -0.3 is 19.5 Å². The molecule has 0 aliphatic carbocycles. The molecule has 0 unspecified atom stereocenters. The molecular formula is C27H29N7O3. The van der Waals surface area contributed by atoms with Gasteiger partial charge in [0.25, 0.3) is 5.69 Å². The number of nitro benzene ring substituents is 1. The van der Waals surface area contributed by atoms with Crippen LogP contribution in [0.2, 0.25) is 0 Å². The van der Waals surface area contributed by atoms with Crippen LogP contribution in [0.25, 0.3) is 22.2 Å². The molecule has 0 spiro atoms. The van der Waals surface area contributed by atoms with Crippen LogP contribution >= 0.6 is 0 Å². The van der Waals surface area contributed by atoms with E-state index in [2.05, 4.69) is 36.8 Å². The Balaban J connectivity index is 1.29. The fraction of sp³-hybridized carbons (Fsp3) is 0.333. The molecule has 2 aliphatic heterocycles. The second-order valence-corrected chi connectivity index (χ2v) is 9.66. The molecule has 10 nitrogen and oxygen atoms in total. The van der Waals surface area contributed by atoms with Crippen molar-refractivity contribution < 1.29 is 9.66 Å². The van der Waals surface area contributed by atoms with E-state index < -0.39 is 0 Å². The molecule has 10 heteroatoms. The minimum Gasteiger partial charge on any atom is -0.494 e. The Bertz CT molecular complexity index is 1470. The van der Waals surface area contributed by atoms with E-state index in [0.717, 1.165) is 48.3 Å². The maximum absolute atomic E-state index is 12.0. The molecule has 2 aliphatic rings. The van der Waals surface area contributed by atoms with Crippen LogP contribution in [0, 0.1) is 10.1 Å². The lowest BCUT2D eigenvalue weighted by Gasteiger charge is -2.45. The average molecular weight is 500 g/mol. The number of likely N-dealkylation sites (tertiary alicyclic amines) is 1. The first kappa shape index (κ1) is 23.2. The molecule has 0 amide bonds. The zero-order chi connectivity index (χ0) is 25.5. The van der Waals surface area contributed by atoms with Gasteiger partial charge in [-0.05, 0) is 38.1 Å². The first-order chi connectivity index (χ1) is 18.0. The number of methoxy groups -OCH3 is 1. The van der Waals surface area contributed by atoms with Crippen molar-refractivity contribution in [2.24, 2.45) is 7.05 Å². The standard InChI is InChI=1S/C27H29N7O3/c1-31-17-20(19-7-3-4-8-23(19)31)21-9-10-28-27(29-21)30-22-13-25(34(35)36)24(14-26(22)37-2)33-15-18(16-33)32-11-5-6-12-32/h3-4,7-10,13-14,17-18H,5-6,11-12,15-16H2,1-2H3,(H,28,29,30). The van der Waals surface area contributed by atoms with Crippen molar-refractivity contribution >= 4 is 33.9 Å². The Morgan fingerprint density at radius 3 is 2.68 bits per heavy atom. The number of nitro groups is 1. The van der Waals surface area contributed by atoms with Crippen molar-refractivity contribution in [2.75, 3.05) is 43.5 Å². The number of nitrogens with one attached hydrogen (secondary N) is 1. The van der Waals surface area contributed by atoms with Gasteiger partial charge >= 0.3 is 0 Å². The summed E-state index contributed by atoms with van der Waals surface area (Å²) in [4.78, 5) is 25.3. The van der Waals surface area contributed by atoms with Crippen molar-refractivity contribution in [3.8, 4) is 17.0 Å². The summed E-state index contributed by atoms with van der Waals surface area (Å²) >= 11 is 0. The van der Waals surface area contributed by atoms with Crippen LogP contribution in [-0.4, -0.2) is 63.7 Å².